The first-order chi connectivity index (χ1) is 9.04. The van der Waals surface area contributed by atoms with E-state index in [0.29, 0.717) is 5.56 Å². The molecule has 0 aromatic carbocycles. The van der Waals surface area contributed by atoms with Gasteiger partial charge in [-0.25, -0.2) is 4.79 Å². The van der Waals surface area contributed by atoms with Gasteiger partial charge in [0, 0.05) is 23.9 Å². The van der Waals surface area contributed by atoms with Gasteiger partial charge in [0.2, 0.25) is 0 Å². The zero-order valence-electron chi connectivity index (χ0n) is 11.1. The number of pyridine rings is 1. The van der Waals surface area contributed by atoms with Gasteiger partial charge in [0.15, 0.2) is 0 Å². The fourth-order valence-corrected chi connectivity index (χ4v) is 1.70. The first-order valence-corrected chi connectivity index (χ1v) is 6.21. The summed E-state index contributed by atoms with van der Waals surface area (Å²) in [6.07, 6.45) is 5.74. The Morgan fingerprint density at radius 3 is 2.89 bits per heavy atom. The Bertz CT molecular complexity index is 483. The molecule has 0 aliphatic heterocycles. The fraction of sp³-hybridized carbons (Fsp3) is 0.357. The van der Waals surface area contributed by atoms with Gasteiger partial charge in [-0.1, -0.05) is 19.4 Å². The highest BCUT2D eigenvalue weighted by Crippen LogP contribution is 2.08. The molecule has 0 aliphatic carbocycles. The molecule has 102 valence electrons. The van der Waals surface area contributed by atoms with Crippen molar-refractivity contribution in [3.63, 3.8) is 0 Å². The molecule has 0 spiro atoms. The zero-order chi connectivity index (χ0) is 14.3. The number of aliphatic carboxylic acids is 1. The van der Waals surface area contributed by atoms with Crippen LogP contribution in [0.2, 0.25) is 0 Å². The zero-order valence-corrected chi connectivity index (χ0v) is 11.1. The monoisotopic (exact) mass is 262 g/mol. The Hall–Kier alpha value is -2.17. The largest absolute Gasteiger partial charge is 0.478 e. The van der Waals surface area contributed by atoms with Crippen molar-refractivity contribution in [2.24, 2.45) is 0 Å². The van der Waals surface area contributed by atoms with Crippen molar-refractivity contribution in [2.75, 3.05) is 0 Å². The maximum atomic E-state index is 12.0. The molecule has 1 heterocycles. The molecule has 0 radical (unpaired) electrons. The molecular formula is C14H18N2O3. The summed E-state index contributed by atoms with van der Waals surface area (Å²) in [5.74, 6) is -1.35. The number of hydrogen-bond donors (Lipinski definition) is 2. The molecule has 2 N–H and O–H groups in total. The van der Waals surface area contributed by atoms with Crippen molar-refractivity contribution >= 4 is 18.0 Å². The number of carbonyl (C=O) groups is 2. The lowest BCUT2D eigenvalue weighted by Gasteiger charge is -2.13. The van der Waals surface area contributed by atoms with Crippen molar-refractivity contribution in [3.05, 3.63) is 35.7 Å². The second-order valence-electron chi connectivity index (χ2n) is 4.28. The van der Waals surface area contributed by atoms with Crippen LogP contribution in [0, 0.1) is 0 Å². The number of amides is 1. The van der Waals surface area contributed by atoms with E-state index in [1.165, 1.54) is 12.3 Å². The predicted molar refractivity (Wildman–Crippen MR) is 72.7 cm³/mol. The van der Waals surface area contributed by atoms with Gasteiger partial charge in [-0.3, -0.25) is 9.78 Å². The van der Waals surface area contributed by atoms with Crippen molar-refractivity contribution in [2.45, 2.75) is 32.7 Å². The van der Waals surface area contributed by atoms with Gasteiger partial charge in [-0.15, -0.1) is 0 Å². The summed E-state index contributed by atoms with van der Waals surface area (Å²) in [6.45, 7) is 3.97. The molecule has 5 nitrogen and oxygen atoms in total. The quantitative estimate of drug-likeness (QED) is 0.769. The van der Waals surface area contributed by atoms with E-state index in [-0.39, 0.29) is 17.6 Å². The van der Waals surface area contributed by atoms with Crippen LogP contribution in [-0.4, -0.2) is 28.0 Å². The van der Waals surface area contributed by atoms with E-state index in [9.17, 15) is 9.59 Å². The maximum Gasteiger partial charge on any atom is 0.328 e. The maximum absolute atomic E-state index is 12.0. The third-order valence-corrected chi connectivity index (χ3v) is 2.56. The number of carboxylic acid groups (broad SMARTS) is 1. The van der Waals surface area contributed by atoms with Crippen LogP contribution in [0.3, 0.4) is 0 Å². The third kappa shape index (κ3) is 4.91. The predicted octanol–water partition coefficient (Wildman–Crippen LogP) is 2.10. The van der Waals surface area contributed by atoms with Crippen LogP contribution in [0.1, 0.15) is 42.7 Å². The number of nitrogens with one attached hydrogen (secondary N) is 1. The number of carboxylic acids is 1. The van der Waals surface area contributed by atoms with E-state index in [4.69, 9.17) is 5.11 Å². The number of hydrogen-bond acceptors (Lipinski definition) is 3. The standard InChI is InChI=1S/C14H18N2O3/c1-3-5-10(2)16-14(19)13-11(6-4-9-15-13)7-8-12(17)18/h4,6-10H,3,5H2,1-2H3,(H,16,19)(H,17,18)/b8-7+. The van der Waals surface area contributed by atoms with Crippen LogP contribution in [0.4, 0.5) is 0 Å². The van der Waals surface area contributed by atoms with E-state index >= 15 is 0 Å². The fourth-order valence-electron chi connectivity index (χ4n) is 1.70. The topological polar surface area (TPSA) is 79.3 Å². The van der Waals surface area contributed by atoms with Crippen LogP contribution in [0.25, 0.3) is 6.08 Å². The minimum absolute atomic E-state index is 0.0656. The highest BCUT2D eigenvalue weighted by molar-refractivity contribution is 5.97. The van der Waals surface area contributed by atoms with Crippen LogP contribution in [-0.2, 0) is 4.79 Å². The van der Waals surface area contributed by atoms with Crippen molar-refractivity contribution in [1.82, 2.24) is 10.3 Å². The summed E-state index contributed by atoms with van der Waals surface area (Å²) < 4.78 is 0. The number of carbonyl (C=O) groups excluding carboxylic acids is 1. The van der Waals surface area contributed by atoms with E-state index in [1.807, 2.05) is 13.8 Å². The van der Waals surface area contributed by atoms with Crippen LogP contribution in [0.5, 0.6) is 0 Å². The SMILES string of the molecule is CCCC(C)NC(=O)c1ncccc1/C=C/C(=O)O. The molecule has 0 bridgehead atoms. The Balaban J connectivity index is 2.87. The summed E-state index contributed by atoms with van der Waals surface area (Å²) in [5, 5.41) is 11.5. The molecule has 1 aromatic rings. The van der Waals surface area contributed by atoms with Gasteiger partial charge < -0.3 is 10.4 Å². The van der Waals surface area contributed by atoms with Gasteiger partial charge in [-0.05, 0) is 25.5 Å². The minimum atomic E-state index is -1.06. The van der Waals surface area contributed by atoms with Gasteiger partial charge in [0.25, 0.3) is 5.91 Å². The first kappa shape index (κ1) is 14.9. The Morgan fingerprint density at radius 2 is 2.26 bits per heavy atom. The van der Waals surface area contributed by atoms with E-state index in [1.54, 1.807) is 12.1 Å². The van der Waals surface area contributed by atoms with Crippen molar-refractivity contribution in [3.8, 4) is 0 Å². The summed E-state index contributed by atoms with van der Waals surface area (Å²) in [7, 11) is 0. The smallest absolute Gasteiger partial charge is 0.328 e. The second kappa shape index (κ2) is 7.31. The molecule has 0 aliphatic rings. The molecule has 0 saturated carbocycles. The van der Waals surface area contributed by atoms with E-state index in [0.717, 1.165) is 18.9 Å². The average molecular weight is 262 g/mol. The molecule has 1 amide bonds. The molecule has 5 heteroatoms. The highest BCUT2D eigenvalue weighted by Gasteiger charge is 2.13. The molecule has 1 aromatic heterocycles. The Morgan fingerprint density at radius 1 is 1.53 bits per heavy atom. The third-order valence-electron chi connectivity index (χ3n) is 2.56. The van der Waals surface area contributed by atoms with Gasteiger partial charge in [-0.2, -0.15) is 0 Å². The van der Waals surface area contributed by atoms with Crippen molar-refractivity contribution < 1.29 is 14.7 Å². The van der Waals surface area contributed by atoms with E-state index < -0.39 is 5.97 Å². The van der Waals surface area contributed by atoms with Crippen LogP contribution >= 0.6 is 0 Å². The molecule has 0 fully saturated rings. The average Bonchev–Trinajstić information content (AvgIpc) is 2.36. The second-order valence-corrected chi connectivity index (χ2v) is 4.28. The summed E-state index contributed by atoms with van der Waals surface area (Å²) >= 11 is 0. The number of aromatic nitrogens is 1. The van der Waals surface area contributed by atoms with Gasteiger partial charge in [0.1, 0.15) is 5.69 Å². The number of rotatable bonds is 6. The summed E-state index contributed by atoms with van der Waals surface area (Å²) in [6, 6.07) is 3.38. The molecule has 1 rings (SSSR count). The summed E-state index contributed by atoms with van der Waals surface area (Å²) in [5.41, 5.74) is 0.731. The van der Waals surface area contributed by atoms with Crippen LogP contribution in [0.15, 0.2) is 24.4 Å². The minimum Gasteiger partial charge on any atom is -0.478 e. The normalized spacial score (nSPS) is 12.3. The van der Waals surface area contributed by atoms with Gasteiger partial charge >= 0.3 is 5.97 Å². The Kier molecular flexibility index (Phi) is 5.73. The lowest BCUT2D eigenvalue weighted by Crippen LogP contribution is -2.33. The summed E-state index contributed by atoms with van der Waals surface area (Å²) in [4.78, 5) is 26.6. The first-order valence-electron chi connectivity index (χ1n) is 6.21. The lowest BCUT2D eigenvalue weighted by atomic mass is 10.1. The molecule has 1 atom stereocenters. The highest BCUT2D eigenvalue weighted by atomic mass is 16.4. The van der Waals surface area contributed by atoms with Crippen molar-refractivity contribution in [1.29, 1.82) is 0 Å². The van der Waals surface area contributed by atoms with Crippen LogP contribution < -0.4 is 5.32 Å². The molecular weight excluding hydrogens is 244 g/mol. The lowest BCUT2D eigenvalue weighted by molar-refractivity contribution is -0.131. The Labute approximate surface area is 112 Å². The molecule has 0 saturated heterocycles. The molecule has 19 heavy (non-hydrogen) atoms. The number of nitrogens with zero attached hydrogens (tertiary/aromatic N) is 1. The molecule has 1 unspecified atom stereocenters. The van der Waals surface area contributed by atoms with E-state index in [2.05, 4.69) is 10.3 Å². The van der Waals surface area contributed by atoms with Gasteiger partial charge in [0.05, 0.1) is 0 Å².